The number of nitrogens with zero attached hydrogens (tertiary/aromatic N) is 1. The van der Waals surface area contributed by atoms with E-state index in [0.29, 0.717) is 24.6 Å². The van der Waals surface area contributed by atoms with E-state index in [0.717, 1.165) is 48.3 Å². The molecular weight excluding hydrogens is 488 g/mol. The van der Waals surface area contributed by atoms with Gasteiger partial charge in [0.05, 0.1) is 11.7 Å². The number of para-hydroxylation sites is 1. The van der Waals surface area contributed by atoms with Crippen LogP contribution >= 0.6 is 0 Å². The molecule has 1 aromatic heterocycles. The average molecular weight is 523 g/mol. The summed E-state index contributed by atoms with van der Waals surface area (Å²) >= 11 is 0. The van der Waals surface area contributed by atoms with Gasteiger partial charge in [-0.25, -0.2) is 9.78 Å². The number of imidazole rings is 1. The van der Waals surface area contributed by atoms with Crippen LogP contribution in [0.2, 0.25) is 0 Å². The van der Waals surface area contributed by atoms with E-state index in [4.69, 9.17) is 9.72 Å². The summed E-state index contributed by atoms with van der Waals surface area (Å²) in [6.45, 7) is 0.547. The first-order valence-corrected chi connectivity index (χ1v) is 13.6. The van der Waals surface area contributed by atoms with Crippen LogP contribution in [0.4, 0.5) is 4.79 Å². The summed E-state index contributed by atoms with van der Waals surface area (Å²) in [4.78, 5) is 33.6. The van der Waals surface area contributed by atoms with Crippen molar-refractivity contribution in [1.29, 1.82) is 0 Å². The van der Waals surface area contributed by atoms with Crippen LogP contribution in [0.1, 0.15) is 43.1 Å². The smallest absolute Gasteiger partial charge is 0.410 e. The molecular formula is C32H34N4O3. The molecule has 7 heteroatoms. The highest BCUT2D eigenvalue weighted by molar-refractivity contribution is 5.79. The second kappa shape index (κ2) is 12.9. The zero-order chi connectivity index (χ0) is 26.9. The Morgan fingerprint density at radius 3 is 2.21 bits per heavy atom. The fraction of sp³-hybridized carbons (Fsp3) is 0.281. The third kappa shape index (κ3) is 7.35. The van der Waals surface area contributed by atoms with Gasteiger partial charge in [-0.05, 0) is 55.7 Å². The number of carbonyl (C=O) groups is 2. The lowest BCUT2D eigenvalue weighted by Gasteiger charge is -2.29. The number of carbonyl (C=O) groups excluding carboxylic acids is 2. The van der Waals surface area contributed by atoms with Gasteiger partial charge in [0.2, 0.25) is 5.91 Å². The summed E-state index contributed by atoms with van der Waals surface area (Å²) in [6.07, 6.45) is 5.44. The van der Waals surface area contributed by atoms with Gasteiger partial charge in [0.1, 0.15) is 11.6 Å². The zero-order valence-electron chi connectivity index (χ0n) is 21.9. The van der Waals surface area contributed by atoms with Crippen molar-refractivity contribution in [2.45, 2.75) is 38.1 Å². The van der Waals surface area contributed by atoms with Crippen molar-refractivity contribution in [1.82, 2.24) is 20.6 Å². The predicted octanol–water partition coefficient (Wildman–Crippen LogP) is 6.07. The molecule has 39 heavy (non-hydrogen) atoms. The van der Waals surface area contributed by atoms with E-state index in [9.17, 15) is 9.59 Å². The van der Waals surface area contributed by atoms with Crippen molar-refractivity contribution in [3.63, 3.8) is 0 Å². The number of hydrogen-bond donors (Lipinski definition) is 3. The van der Waals surface area contributed by atoms with Crippen LogP contribution < -0.4 is 15.4 Å². The van der Waals surface area contributed by atoms with E-state index in [1.54, 1.807) is 12.1 Å². The monoisotopic (exact) mass is 522 g/mol. The molecule has 0 aliphatic heterocycles. The van der Waals surface area contributed by atoms with Crippen LogP contribution in [0.15, 0.2) is 97.2 Å². The summed E-state index contributed by atoms with van der Waals surface area (Å²) in [5.41, 5.74) is 3.03. The number of amides is 2. The molecule has 3 N–H and O–H groups in total. The van der Waals surface area contributed by atoms with Gasteiger partial charge < -0.3 is 20.4 Å². The molecule has 0 spiro atoms. The zero-order valence-corrected chi connectivity index (χ0v) is 21.9. The lowest BCUT2D eigenvalue weighted by Crippen LogP contribution is -2.39. The fourth-order valence-electron chi connectivity index (χ4n) is 5.12. The Bertz CT molecular complexity index is 1330. The molecule has 1 heterocycles. The molecule has 1 atom stereocenters. The Labute approximate surface area is 229 Å². The number of benzene rings is 3. The summed E-state index contributed by atoms with van der Waals surface area (Å²) < 4.78 is 5.31. The third-order valence-electron chi connectivity index (χ3n) is 7.30. The van der Waals surface area contributed by atoms with Crippen LogP contribution in [0, 0.1) is 11.8 Å². The molecule has 1 aliphatic carbocycles. The maximum atomic E-state index is 13.4. The molecule has 1 saturated carbocycles. The SMILES string of the molecule is O=C(NCC1CCC(C(=O)NC(Cc2ccccc2)c2nc(-c3ccccc3)c[nH]2)CC1)Oc1ccccc1. The molecule has 0 saturated heterocycles. The van der Waals surface area contributed by atoms with Gasteiger partial charge >= 0.3 is 6.09 Å². The minimum absolute atomic E-state index is 0.0562. The molecule has 2 amide bonds. The molecule has 3 aromatic carbocycles. The lowest BCUT2D eigenvalue weighted by molar-refractivity contribution is -0.127. The van der Waals surface area contributed by atoms with Crippen LogP contribution in [0.3, 0.4) is 0 Å². The Morgan fingerprint density at radius 2 is 1.51 bits per heavy atom. The third-order valence-corrected chi connectivity index (χ3v) is 7.30. The number of H-pyrrole nitrogens is 1. The molecule has 5 rings (SSSR count). The van der Waals surface area contributed by atoms with Gasteiger partial charge in [0, 0.05) is 24.2 Å². The first kappa shape index (κ1) is 26.2. The van der Waals surface area contributed by atoms with Gasteiger partial charge in [0.25, 0.3) is 0 Å². The molecule has 1 unspecified atom stereocenters. The van der Waals surface area contributed by atoms with Gasteiger partial charge in [0.15, 0.2) is 0 Å². The fourth-order valence-corrected chi connectivity index (χ4v) is 5.12. The Balaban J connectivity index is 1.16. The van der Waals surface area contributed by atoms with Crippen molar-refractivity contribution >= 4 is 12.0 Å². The maximum absolute atomic E-state index is 13.4. The van der Waals surface area contributed by atoms with E-state index in [1.165, 1.54) is 0 Å². The quantitative estimate of drug-likeness (QED) is 0.249. The van der Waals surface area contributed by atoms with Crippen molar-refractivity contribution in [3.05, 3.63) is 109 Å². The van der Waals surface area contributed by atoms with Crippen molar-refractivity contribution in [3.8, 4) is 17.0 Å². The van der Waals surface area contributed by atoms with Gasteiger partial charge in [-0.15, -0.1) is 0 Å². The van der Waals surface area contributed by atoms with E-state index < -0.39 is 6.09 Å². The summed E-state index contributed by atoms with van der Waals surface area (Å²) in [6, 6.07) is 28.9. The number of hydrogen-bond acceptors (Lipinski definition) is 4. The Kier molecular flexibility index (Phi) is 8.68. The highest BCUT2D eigenvalue weighted by Gasteiger charge is 2.29. The standard InChI is InChI=1S/C32H34N4O3/c37-31(26-18-16-24(17-19-26)21-34-32(38)39-27-14-8-3-9-15-27)36-28(20-23-10-4-1-5-11-23)30-33-22-29(35-30)25-12-6-2-7-13-25/h1-15,22,24,26,28H,16-21H2,(H,33,35)(H,34,38)(H,36,37). The molecule has 4 aromatic rings. The summed E-state index contributed by atoms with van der Waals surface area (Å²) in [5, 5.41) is 6.15. The highest BCUT2D eigenvalue weighted by Crippen LogP contribution is 2.30. The number of nitrogens with one attached hydrogen (secondary N) is 3. The average Bonchev–Trinajstić information content (AvgIpc) is 3.48. The number of aromatic amines is 1. The topological polar surface area (TPSA) is 96.1 Å². The second-order valence-corrected chi connectivity index (χ2v) is 10.1. The molecule has 7 nitrogen and oxygen atoms in total. The Morgan fingerprint density at radius 1 is 0.872 bits per heavy atom. The highest BCUT2D eigenvalue weighted by atomic mass is 16.6. The van der Waals surface area contributed by atoms with Crippen molar-refractivity contribution in [2.75, 3.05) is 6.54 Å². The van der Waals surface area contributed by atoms with Crippen LogP contribution in [-0.4, -0.2) is 28.5 Å². The Hall–Kier alpha value is -4.39. The van der Waals surface area contributed by atoms with Gasteiger partial charge in [-0.1, -0.05) is 78.9 Å². The number of aromatic nitrogens is 2. The minimum atomic E-state index is -0.446. The van der Waals surface area contributed by atoms with Crippen LogP contribution in [0.25, 0.3) is 11.3 Å². The number of rotatable bonds is 9. The van der Waals surface area contributed by atoms with E-state index in [2.05, 4.69) is 27.8 Å². The number of ether oxygens (including phenoxy) is 1. The maximum Gasteiger partial charge on any atom is 0.412 e. The van der Waals surface area contributed by atoms with E-state index in [-0.39, 0.29) is 17.9 Å². The van der Waals surface area contributed by atoms with Crippen LogP contribution in [0.5, 0.6) is 5.75 Å². The first-order valence-electron chi connectivity index (χ1n) is 13.6. The summed E-state index contributed by atoms with van der Waals surface area (Å²) in [5.74, 6) is 1.60. The summed E-state index contributed by atoms with van der Waals surface area (Å²) in [7, 11) is 0. The van der Waals surface area contributed by atoms with Crippen LogP contribution in [-0.2, 0) is 11.2 Å². The van der Waals surface area contributed by atoms with Crippen molar-refractivity contribution < 1.29 is 14.3 Å². The van der Waals surface area contributed by atoms with E-state index in [1.807, 2.05) is 72.9 Å². The molecule has 0 bridgehead atoms. The predicted molar refractivity (Wildman–Crippen MR) is 151 cm³/mol. The minimum Gasteiger partial charge on any atom is -0.410 e. The molecule has 200 valence electrons. The van der Waals surface area contributed by atoms with E-state index >= 15 is 0 Å². The van der Waals surface area contributed by atoms with Gasteiger partial charge in [-0.3, -0.25) is 4.79 Å². The lowest BCUT2D eigenvalue weighted by atomic mass is 9.81. The first-order chi connectivity index (χ1) is 19.1. The normalized spacial score (nSPS) is 17.6. The molecule has 1 aliphatic rings. The second-order valence-electron chi connectivity index (χ2n) is 10.1. The van der Waals surface area contributed by atoms with Crippen molar-refractivity contribution in [2.24, 2.45) is 11.8 Å². The largest absolute Gasteiger partial charge is 0.412 e. The molecule has 0 radical (unpaired) electrons. The van der Waals surface area contributed by atoms with Gasteiger partial charge in [-0.2, -0.15) is 0 Å². The molecule has 1 fully saturated rings.